The third-order valence-electron chi connectivity index (χ3n) is 6.29. The first kappa shape index (κ1) is 35.8. The fourth-order valence-electron chi connectivity index (χ4n) is 4.27. The van der Waals surface area contributed by atoms with Crippen molar-refractivity contribution in [3.8, 4) is 0 Å². The summed E-state index contributed by atoms with van der Waals surface area (Å²) in [5.74, 6) is 0.449. The molecule has 0 bridgehead atoms. The van der Waals surface area contributed by atoms with Crippen molar-refractivity contribution in [2.24, 2.45) is 0 Å². The first-order valence-corrected chi connectivity index (χ1v) is 19.5. The number of rotatable bonds is 17. The van der Waals surface area contributed by atoms with E-state index >= 15 is 0 Å². The van der Waals surface area contributed by atoms with Crippen molar-refractivity contribution >= 4 is 80.3 Å². The van der Waals surface area contributed by atoms with Crippen LogP contribution >= 0.6 is 30.4 Å². The topological polar surface area (TPSA) is 67.3 Å². The van der Waals surface area contributed by atoms with E-state index in [1.807, 2.05) is 24.3 Å². The zero-order chi connectivity index (χ0) is 25.3. The van der Waals surface area contributed by atoms with Crippen LogP contribution in [0.3, 0.4) is 0 Å². The van der Waals surface area contributed by atoms with Crippen LogP contribution in [0.15, 0.2) is 28.6 Å². The number of thiazole rings is 1. The minimum absolute atomic E-state index is 0. The number of thioether (sulfide) groups is 1. The average molecular weight is 574 g/mol. The molecule has 0 unspecified atom stereocenters. The number of aromatic nitrogens is 1. The van der Waals surface area contributed by atoms with Gasteiger partial charge in [-0.3, -0.25) is 4.55 Å². The second-order valence-corrected chi connectivity index (χ2v) is 18.3. The van der Waals surface area contributed by atoms with E-state index in [4.69, 9.17) is 4.55 Å². The molecule has 0 aliphatic carbocycles. The van der Waals surface area contributed by atoms with E-state index in [0.29, 0.717) is 12.2 Å². The Bertz CT molecular complexity index is 822. The Morgan fingerprint density at radius 2 is 1.34 bits per heavy atom. The summed E-state index contributed by atoms with van der Waals surface area (Å²) in [5, 5.41) is 0. The molecule has 200 valence electrons. The van der Waals surface area contributed by atoms with Gasteiger partial charge in [-0.05, 0) is 18.6 Å². The third kappa shape index (κ3) is 16.4. The number of fused-ring (bicyclic) bond motifs is 1. The molecule has 1 N–H and O–H groups in total. The van der Waals surface area contributed by atoms with E-state index in [2.05, 4.69) is 32.7 Å². The van der Waals surface area contributed by atoms with Gasteiger partial charge in [0.05, 0.1) is 16.0 Å². The monoisotopic (exact) mass is 573 g/mol. The van der Waals surface area contributed by atoms with Crippen LogP contribution in [0.2, 0.25) is 0 Å². The van der Waals surface area contributed by atoms with Crippen LogP contribution in [-0.2, 0) is 10.1 Å². The van der Waals surface area contributed by atoms with Gasteiger partial charge in [-0.1, -0.05) is 23.9 Å². The van der Waals surface area contributed by atoms with Crippen LogP contribution in [0, 0.1) is 0 Å². The van der Waals surface area contributed by atoms with E-state index in [1.165, 1.54) is 63.1 Å². The fourth-order valence-corrected chi connectivity index (χ4v) is 13.0. The van der Waals surface area contributed by atoms with Crippen LogP contribution < -0.4 is 0 Å². The molecular formula is C26H49NNaO3PS3. The van der Waals surface area contributed by atoms with Crippen LogP contribution in [-0.4, -0.2) is 83.7 Å². The molecule has 4 nitrogen and oxygen atoms in total. The summed E-state index contributed by atoms with van der Waals surface area (Å²) >= 11 is 3.11. The third-order valence-corrected chi connectivity index (χ3v) is 15.0. The Labute approximate surface area is 246 Å². The maximum atomic E-state index is 10.5. The van der Waals surface area contributed by atoms with Gasteiger partial charge in [0.15, 0.2) is 4.34 Å². The Hall–Kier alpha value is 0.800. The van der Waals surface area contributed by atoms with Gasteiger partial charge in [0.2, 0.25) is 0 Å². The Kier molecular flexibility index (Phi) is 21.2. The van der Waals surface area contributed by atoms with Crippen LogP contribution in [0.4, 0.5) is 0 Å². The average Bonchev–Trinajstić information content (AvgIpc) is 3.24. The minimum atomic E-state index is -3.83. The van der Waals surface area contributed by atoms with Crippen molar-refractivity contribution in [3.05, 3.63) is 24.3 Å². The normalized spacial score (nSPS) is 12.1. The summed E-state index contributed by atoms with van der Waals surface area (Å²) in [6.45, 7) is 9.44. The molecule has 35 heavy (non-hydrogen) atoms. The SMILES string of the molecule is CCCC[PH](CCCC)(CCCC)CCCC.O=S(=O)(O)CCCSc1nc2ccccc2s1.[NaH]. The van der Waals surface area contributed by atoms with E-state index < -0.39 is 17.4 Å². The Balaban J connectivity index is 0.000000642. The molecule has 0 radical (unpaired) electrons. The summed E-state index contributed by atoms with van der Waals surface area (Å²) in [7, 11) is -4.71. The predicted octanol–water partition coefficient (Wildman–Crippen LogP) is 7.95. The van der Waals surface area contributed by atoms with Gasteiger partial charge in [-0.2, -0.15) is 8.42 Å². The molecular weight excluding hydrogens is 524 g/mol. The molecule has 0 aliphatic rings. The molecule has 0 saturated heterocycles. The molecule has 0 amide bonds. The van der Waals surface area contributed by atoms with Gasteiger partial charge in [0.25, 0.3) is 10.1 Å². The summed E-state index contributed by atoms with van der Waals surface area (Å²) in [6.07, 6.45) is 18.6. The molecule has 2 rings (SSSR count). The molecule has 0 saturated carbocycles. The zero-order valence-corrected chi connectivity index (χ0v) is 25.3. The molecule has 0 atom stereocenters. The summed E-state index contributed by atoms with van der Waals surface area (Å²) in [4.78, 5) is 4.42. The number of para-hydroxylation sites is 1. The fraction of sp³-hybridized carbons (Fsp3) is 0.731. The van der Waals surface area contributed by atoms with E-state index in [1.54, 1.807) is 36.0 Å². The van der Waals surface area contributed by atoms with Crippen molar-refractivity contribution in [3.63, 3.8) is 0 Å². The molecule has 0 aliphatic heterocycles. The predicted molar refractivity (Wildman–Crippen MR) is 166 cm³/mol. The standard InChI is InChI=1S/C16H37P.C10H11NO3S3.Na.H/c1-5-9-13-17(14-10-6-2,15-11-7-3)16-12-8-4;12-17(13,14)7-3-6-15-10-11-8-4-1-2-5-9(8)16-10;;/h17H,5-16H2,1-4H3;1-2,4-5H,3,6-7H2,(H,12,13,14);;. The van der Waals surface area contributed by atoms with Crippen LogP contribution in [0.1, 0.15) is 85.5 Å². The number of nitrogens with zero attached hydrogens (tertiary/aromatic N) is 1. The second kappa shape index (κ2) is 20.7. The van der Waals surface area contributed by atoms with Gasteiger partial charge in [0.1, 0.15) is 0 Å². The molecule has 1 aromatic heterocycles. The number of hydrogen-bond donors (Lipinski definition) is 1. The number of benzene rings is 1. The summed E-state index contributed by atoms with van der Waals surface area (Å²) in [5.41, 5.74) is 0.967. The van der Waals surface area contributed by atoms with Crippen LogP contribution in [0.5, 0.6) is 0 Å². The molecule has 0 fully saturated rings. The maximum absolute atomic E-state index is 10.5. The molecule has 0 spiro atoms. The quantitative estimate of drug-likeness (QED) is 0.0684. The Morgan fingerprint density at radius 1 is 0.857 bits per heavy atom. The van der Waals surface area contributed by atoms with Crippen molar-refractivity contribution in [2.75, 3.05) is 36.2 Å². The van der Waals surface area contributed by atoms with E-state index in [9.17, 15) is 8.42 Å². The zero-order valence-electron chi connectivity index (χ0n) is 21.9. The second-order valence-electron chi connectivity index (χ2n) is 9.35. The van der Waals surface area contributed by atoms with Crippen LogP contribution in [0.25, 0.3) is 10.2 Å². The van der Waals surface area contributed by atoms with Gasteiger partial charge in [0, 0.05) is 5.75 Å². The first-order chi connectivity index (χ1) is 16.3. The van der Waals surface area contributed by atoms with Gasteiger partial charge in [-0.25, -0.2) is 4.98 Å². The number of unbranched alkanes of at least 4 members (excludes halogenated alkanes) is 4. The summed E-state index contributed by atoms with van der Waals surface area (Å²) < 4.78 is 31.7. The molecule has 1 aromatic carbocycles. The molecule has 2 aromatic rings. The van der Waals surface area contributed by atoms with Gasteiger partial charge < -0.3 is 0 Å². The van der Waals surface area contributed by atoms with Crippen molar-refractivity contribution in [1.29, 1.82) is 0 Å². The number of hydrogen-bond acceptors (Lipinski definition) is 5. The van der Waals surface area contributed by atoms with E-state index in [-0.39, 0.29) is 35.3 Å². The Morgan fingerprint density at radius 3 is 1.77 bits per heavy atom. The van der Waals surface area contributed by atoms with Gasteiger partial charge in [-0.15, -0.1) is 11.3 Å². The van der Waals surface area contributed by atoms with Gasteiger partial charge >= 0.3 is 141 Å². The molecule has 1 heterocycles. The van der Waals surface area contributed by atoms with E-state index in [0.717, 1.165) is 14.6 Å². The van der Waals surface area contributed by atoms with Crippen molar-refractivity contribution in [1.82, 2.24) is 4.98 Å². The summed E-state index contributed by atoms with van der Waals surface area (Å²) in [6, 6.07) is 7.87. The van der Waals surface area contributed by atoms with Crippen molar-refractivity contribution < 1.29 is 13.0 Å². The first-order valence-electron chi connectivity index (χ1n) is 13.2. The molecule has 9 heteroatoms. The van der Waals surface area contributed by atoms with Crippen molar-refractivity contribution in [2.45, 2.75) is 89.8 Å².